The average molecular weight is 223 g/mol. The number of rotatable bonds is 1. The lowest BCUT2D eigenvalue weighted by atomic mass is 9.84. The molecule has 3 rings (SSSR count). The van der Waals surface area contributed by atoms with Crippen molar-refractivity contribution in [3.63, 3.8) is 0 Å². The van der Waals surface area contributed by atoms with E-state index >= 15 is 0 Å². The SMILES string of the molecule is CCC1CCCC12CNCC1(CCCC1)O2. The van der Waals surface area contributed by atoms with Crippen molar-refractivity contribution in [3.8, 4) is 0 Å². The Hall–Kier alpha value is -0.0800. The fourth-order valence-electron chi connectivity index (χ4n) is 4.36. The first-order valence-corrected chi connectivity index (χ1v) is 7.20. The van der Waals surface area contributed by atoms with Crippen molar-refractivity contribution in [1.29, 1.82) is 0 Å². The monoisotopic (exact) mass is 223 g/mol. The van der Waals surface area contributed by atoms with Crippen molar-refractivity contribution in [2.24, 2.45) is 5.92 Å². The van der Waals surface area contributed by atoms with E-state index in [0.717, 1.165) is 19.0 Å². The van der Waals surface area contributed by atoms with Crippen LogP contribution < -0.4 is 5.32 Å². The zero-order valence-corrected chi connectivity index (χ0v) is 10.6. The van der Waals surface area contributed by atoms with Gasteiger partial charge in [-0.15, -0.1) is 0 Å². The summed E-state index contributed by atoms with van der Waals surface area (Å²) in [7, 11) is 0. The van der Waals surface area contributed by atoms with E-state index in [0.29, 0.717) is 0 Å². The van der Waals surface area contributed by atoms with Crippen molar-refractivity contribution >= 4 is 0 Å². The second-order valence-electron chi connectivity index (χ2n) is 6.16. The summed E-state index contributed by atoms with van der Waals surface area (Å²) in [6.07, 6.45) is 10.7. The van der Waals surface area contributed by atoms with E-state index in [-0.39, 0.29) is 11.2 Å². The van der Waals surface area contributed by atoms with Gasteiger partial charge in [0.05, 0.1) is 11.2 Å². The van der Waals surface area contributed by atoms with E-state index in [2.05, 4.69) is 12.2 Å². The van der Waals surface area contributed by atoms with Crippen molar-refractivity contribution in [3.05, 3.63) is 0 Å². The molecule has 0 bridgehead atoms. The van der Waals surface area contributed by atoms with Gasteiger partial charge in [-0.05, 0) is 31.6 Å². The Kier molecular flexibility index (Phi) is 2.75. The number of nitrogens with one attached hydrogen (secondary N) is 1. The Morgan fingerprint density at radius 3 is 2.69 bits per heavy atom. The molecule has 2 heteroatoms. The number of morpholine rings is 1. The molecule has 1 heterocycles. The maximum absolute atomic E-state index is 6.72. The maximum atomic E-state index is 6.72. The molecule has 92 valence electrons. The Balaban J connectivity index is 1.80. The standard InChI is InChI=1S/C14H25NO/c1-2-12-6-5-9-14(12)11-15-10-13(16-14)7-3-4-8-13/h12,15H,2-11H2,1H3. The molecule has 2 aliphatic carbocycles. The molecule has 1 saturated heterocycles. The van der Waals surface area contributed by atoms with E-state index in [1.54, 1.807) is 0 Å². The molecule has 2 saturated carbocycles. The zero-order valence-electron chi connectivity index (χ0n) is 10.6. The van der Waals surface area contributed by atoms with Crippen LogP contribution in [0.25, 0.3) is 0 Å². The molecule has 1 N–H and O–H groups in total. The molecule has 3 fully saturated rings. The van der Waals surface area contributed by atoms with E-state index in [9.17, 15) is 0 Å². The topological polar surface area (TPSA) is 21.3 Å². The zero-order chi connectivity index (χ0) is 11.1. The van der Waals surface area contributed by atoms with Gasteiger partial charge in [-0.2, -0.15) is 0 Å². The highest BCUT2D eigenvalue weighted by molar-refractivity contribution is 5.04. The lowest BCUT2D eigenvalue weighted by Gasteiger charge is -2.48. The predicted octanol–water partition coefficient (Wildman–Crippen LogP) is 2.87. The molecule has 2 atom stereocenters. The summed E-state index contributed by atoms with van der Waals surface area (Å²) in [6.45, 7) is 4.54. The molecule has 1 aliphatic heterocycles. The molecule has 0 amide bonds. The molecule has 0 aromatic carbocycles. The van der Waals surface area contributed by atoms with Gasteiger partial charge in [-0.1, -0.05) is 32.6 Å². The summed E-state index contributed by atoms with van der Waals surface area (Å²) in [5.41, 5.74) is 0.424. The summed E-state index contributed by atoms with van der Waals surface area (Å²) in [5, 5.41) is 3.69. The number of ether oxygens (including phenoxy) is 1. The summed E-state index contributed by atoms with van der Waals surface area (Å²) < 4.78 is 6.72. The Bertz CT molecular complexity index is 259. The highest BCUT2D eigenvalue weighted by Gasteiger charge is 2.51. The molecule has 0 aromatic rings. The quantitative estimate of drug-likeness (QED) is 0.738. The van der Waals surface area contributed by atoms with Gasteiger partial charge in [0.1, 0.15) is 0 Å². The molecule has 2 spiro atoms. The van der Waals surface area contributed by atoms with Crippen LogP contribution in [0, 0.1) is 5.92 Å². The molecule has 2 unspecified atom stereocenters. The van der Waals surface area contributed by atoms with Crippen LogP contribution in [0.2, 0.25) is 0 Å². The second-order valence-corrected chi connectivity index (χ2v) is 6.16. The Morgan fingerprint density at radius 2 is 1.94 bits per heavy atom. The van der Waals surface area contributed by atoms with Gasteiger partial charge in [0.2, 0.25) is 0 Å². The van der Waals surface area contributed by atoms with E-state index in [1.165, 1.54) is 51.4 Å². The Morgan fingerprint density at radius 1 is 1.12 bits per heavy atom. The molecule has 0 aromatic heterocycles. The lowest BCUT2D eigenvalue weighted by molar-refractivity contribution is -0.191. The molecule has 16 heavy (non-hydrogen) atoms. The summed E-state index contributed by atoms with van der Waals surface area (Å²) in [4.78, 5) is 0. The Labute approximate surface area is 99.1 Å². The lowest BCUT2D eigenvalue weighted by Crippen LogP contribution is -2.60. The van der Waals surface area contributed by atoms with E-state index in [4.69, 9.17) is 4.74 Å². The first kappa shape index (κ1) is 11.0. The summed E-state index contributed by atoms with van der Waals surface area (Å²) >= 11 is 0. The highest BCUT2D eigenvalue weighted by atomic mass is 16.5. The van der Waals surface area contributed by atoms with E-state index in [1.807, 2.05) is 0 Å². The fraction of sp³-hybridized carbons (Fsp3) is 1.00. The van der Waals surface area contributed by atoms with Gasteiger partial charge in [0.25, 0.3) is 0 Å². The van der Waals surface area contributed by atoms with Crippen molar-refractivity contribution in [2.75, 3.05) is 13.1 Å². The first-order chi connectivity index (χ1) is 7.79. The van der Waals surface area contributed by atoms with Crippen LogP contribution >= 0.6 is 0 Å². The minimum atomic E-state index is 0.206. The third kappa shape index (κ3) is 1.62. The largest absolute Gasteiger partial charge is 0.366 e. The van der Waals surface area contributed by atoms with Crippen LogP contribution in [0.5, 0.6) is 0 Å². The minimum absolute atomic E-state index is 0.206. The normalized spacial score (nSPS) is 42.2. The van der Waals surface area contributed by atoms with Gasteiger partial charge in [0.15, 0.2) is 0 Å². The van der Waals surface area contributed by atoms with Crippen LogP contribution in [-0.4, -0.2) is 24.3 Å². The van der Waals surface area contributed by atoms with Crippen molar-refractivity contribution in [1.82, 2.24) is 5.32 Å². The average Bonchev–Trinajstić information content (AvgIpc) is 2.87. The van der Waals surface area contributed by atoms with Gasteiger partial charge < -0.3 is 10.1 Å². The smallest absolute Gasteiger partial charge is 0.0842 e. The maximum Gasteiger partial charge on any atom is 0.0842 e. The molecular formula is C14H25NO. The molecular weight excluding hydrogens is 198 g/mol. The van der Waals surface area contributed by atoms with Gasteiger partial charge in [-0.3, -0.25) is 0 Å². The fourth-order valence-corrected chi connectivity index (χ4v) is 4.36. The third-order valence-corrected chi connectivity index (χ3v) is 5.20. The van der Waals surface area contributed by atoms with Crippen LogP contribution in [0.15, 0.2) is 0 Å². The minimum Gasteiger partial charge on any atom is -0.366 e. The predicted molar refractivity (Wildman–Crippen MR) is 65.5 cm³/mol. The highest BCUT2D eigenvalue weighted by Crippen LogP contribution is 2.48. The summed E-state index contributed by atoms with van der Waals surface area (Å²) in [6, 6.07) is 0. The molecule has 3 aliphatic rings. The van der Waals surface area contributed by atoms with E-state index < -0.39 is 0 Å². The van der Waals surface area contributed by atoms with Crippen LogP contribution in [0.3, 0.4) is 0 Å². The number of hydrogen-bond donors (Lipinski definition) is 1. The summed E-state index contributed by atoms with van der Waals surface area (Å²) in [5.74, 6) is 0.803. The first-order valence-electron chi connectivity index (χ1n) is 7.20. The van der Waals surface area contributed by atoms with Gasteiger partial charge >= 0.3 is 0 Å². The van der Waals surface area contributed by atoms with Gasteiger partial charge in [0, 0.05) is 13.1 Å². The molecule has 0 radical (unpaired) electrons. The van der Waals surface area contributed by atoms with Gasteiger partial charge in [-0.25, -0.2) is 0 Å². The van der Waals surface area contributed by atoms with Crippen LogP contribution in [-0.2, 0) is 4.74 Å². The van der Waals surface area contributed by atoms with Crippen LogP contribution in [0.4, 0.5) is 0 Å². The second kappa shape index (κ2) is 3.99. The number of hydrogen-bond acceptors (Lipinski definition) is 2. The van der Waals surface area contributed by atoms with Crippen LogP contribution in [0.1, 0.15) is 58.3 Å². The third-order valence-electron chi connectivity index (χ3n) is 5.20. The van der Waals surface area contributed by atoms with Crippen molar-refractivity contribution < 1.29 is 4.74 Å². The molecule has 2 nitrogen and oxygen atoms in total. The van der Waals surface area contributed by atoms with Crippen molar-refractivity contribution in [2.45, 2.75) is 69.5 Å².